The van der Waals surface area contributed by atoms with E-state index in [0.29, 0.717) is 5.57 Å². The largest absolute Gasteiger partial charge is 0.276 e. The number of rotatable bonds is 1. The number of carbonyl (C=O) groups excluding carboxylic acids is 1. The molecule has 0 radical (unpaired) electrons. The van der Waals surface area contributed by atoms with Gasteiger partial charge in [-0.3, -0.25) is 14.9 Å². The van der Waals surface area contributed by atoms with Crippen molar-refractivity contribution in [2.24, 2.45) is 16.1 Å². The first-order chi connectivity index (χ1) is 6.68. The Hall–Kier alpha value is -2.11. The van der Waals surface area contributed by atoms with Crippen LogP contribution in [-0.4, -0.2) is 10.8 Å². The predicted molar refractivity (Wildman–Crippen MR) is 45.7 cm³/mol. The van der Waals surface area contributed by atoms with Gasteiger partial charge in [-0.1, -0.05) is 0 Å². The highest BCUT2D eigenvalue weighted by Gasteiger charge is 2.28. The molecule has 1 amide bonds. The fourth-order valence-electron chi connectivity index (χ4n) is 1.28. The number of nitrogens with zero attached hydrogens (tertiary/aromatic N) is 3. The maximum atomic E-state index is 11.2. The van der Waals surface area contributed by atoms with Crippen molar-refractivity contribution >= 4 is 5.91 Å². The Morgan fingerprint density at radius 1 is 1.43 bits per heavy atom. The number of carbonyl (C=O) groups is 1. The summed E-state index contributed by atoms with van der Waals surface area (Å²) >= 11 is 0. The van der Waals surface area contributed by atoms with E-state index in [1.54, 1.807) is 0 Å². The van der Waals surface area contributed by atoms with Crippen LogP contribution in [0.5, 0.6) is 0 Å². The summed E-state index contributed by atoms with van der Waals surface area (Å²) in [5, 5.41) is 17.2. The Morgan fingerprint density at radius 2 is 2.21 bits per heavy atom. The second-order valence-electron chi connectivity index (χ2n) is 2.84. The number of allylic oxidation sites excluding steroid dienone is 2. The zero-order valence-electron chi connectivity index (χ0n) is 6.95. The average Bonchev–Trinajstić information content (AvgIpc) is 2.18. The van der Waals surface area contributed by atoms with Gasteiger partial charge in [0, 0.05) is 12.2 Å². The van der Waals surface area contributed by atoms with E-state index in [1.165, 1.54) is 24.4 Å². The van der Waals surface area contributed by atoms with Gasteiger partial charge in [-0.2, -0.15) is 5.11 Å². The lowest BCUT2D eigenvalue weighted by molar-refractivity contribution is -0.419. The lowest BCUT2D eigenvalue weighted by Gasteiger charge is -2.14. The van der Waals surface area contributed by atoms with Crippen LogP contribution < -0.4 is 0 Å². The smallest absolute Gasteiger partial charge is 0.270 e. The highest BCUT2D eigenvalue weighted by atomic mass is 16.6. The van der Waals surface area contributed by atoms with E-state index < -0.39 is 16.7 Å². The van der Waals surface area contributed by atoms with Crippen LogP contribution in [0.1, 0.15) is 0 Å². The van der Waals surface area contributed by atoms with Gasteiger partial charge in [0.1, 0.15) is 0 Å². The third kappa shape index (κ3) is 1.26. The van der Waals surface area contributed by atoms with Crippen LogP contribution in [0, 0.1) is 16.0 Å². The zero-order chi connectivity index (χ0) is 10.1. The minimum Gasteiger partial charge on any atom is -0.270 e. The predicted octanol–water partition coefficient (Wildman–Crippen LogP) is 1.21. The second-order valence-corrected chi connectivity index (χ2v) is 2.84. The number of nitro groups is 1. The van der Waals surface area contributed by atoms with Crippen LogP contribution in [0.4, 0.5) is 0 Å². The van der Waals surface area contributed by atoms with Crippen molar-refractivity contribution in [2.75, 3.05) is 0 Å². The molecule has 1 aliphatic carbocycles. The maximum Gasteiger partial charge on any atom is 0.276 e. The standard InChI is InChI=1S/C8H5N3O3/c12-8-7-3-6(11(13)14)2-1-5(7)4-9-10-8/h1-4,7H. The van der Waals surface area contributed by atoms with Crippen LogP contribution in [0.15, 0.2) is 45.9 Å². The molecule has 0 aromatic heterocycles. The zero-order valence-corrected chi connectivity index (χ0v) is 6.95. The molecule has 0 spiro atoms. The molecule has 2 aliphatic rings. The first kappa shape index (κ1) is 8.49. The Bertz CT molecular complexity index is 431. The number of azo groups is 1. The third-order valence-corrected chi connectivity index (χ3v) is 1.98. The Balaban J connectivity index is 2.40. The summed E-state index contributed by atoms with van der Waals surface area (Å²) in [6.45, 7) is 0. The number of hydrogen-bond acceptors (Lipinski definition) is 4. The van der Waals surface area contributed by atoms with Crippen molar-refractivity contribution in [3.8, 4) is 0 Å². The monoisotopic (exact) mass is 191 g/mol. The van der Waals surface area contributed by atoms with E-state index >= 15 is 0 Å². The number of hydrogen-bond donors (Lipinski definition) is 0. The van der Waals surface area contributed by atoms with E-state index in [2.05, 4.69) is 10.2 Å². The van der Waals surface area contributed by atoms with E-state index in [1.807, 2.05) is 0 Å². The molecule has 0 aromatic carbocycles. The van der Waals surface area contributed by atoms with Gasteiger partial charge in [-0.25, -0.2) is 0 Å². The molecule has 1 atom stereocenters. The van der Waals surface area contributed by atoms with Crippen molar-refractivity contribution in [1.82, 2.24) is 0 Å². The van der Waals surface area contributed by atoms with Gasteiger partial charge in [0.2, 0.25) is 0 Å². The molecule has 0 N–H and O–H groups in total. The van der Waals surface area contributed by atoms with E-state index in [9.17, 15) is 14.9 Å². The minimum absolute atomic E-state index is 0.0856. The quantitative estimate of drug-likeness (QED) is 0.461. The first-order valence-corrected chi connectivity index (χ1v) is 3.87. The summed E-state index contributed by atoms with van der Waals surface area (Å²) in [6, 6.07) is 0. The molecule has 0 bridgehead atoms. The lowest BCUT2D eigenvalue weighted by atomic mass is 9.93. The van der Waals surface area contributed by atoms with Crippen molar-refractivity contribution in [1.29, 1.82) is 0 Å². The molecule has 6 heteroatoms. The molecule has 1 aliphatic heterocycles. The average molecular weight is 191 g/mol. The lowest BCUT2D eigenvalue weighted by Crippen LogP contribution is -2.17. The highest BCUT2D eigenvalue weighted by Crippen LogP contribution is 2.26. The molecule has 1 heterocycles. The van der Waals surface area contributed by atoms with Crippen molar-refractivity contribution in [3.05, 3.63) is 45.8 Å². The van der Waals surface area contributed by atoms with Gasteiger partial charge in [0.25, 0.3) is 11.6 Å². The normalized spacial score (nSPS) is 24.0. The molecule has 0 saturated carbocycles. The minimum atomic E-state index is -0.641. The molecule has 0 fully saturated rings. The summed E-state index contributed by atoms with van der Waals surface area (Å²) in [6.07, 6.45) is 5.57. The van der Waals surface area contributed by atoms with Crippen LogP contribution in [0.3, 0.4) is 0 Å². The Kier molecular flexibility index (Phi) is 1.81. The van der Waals surface area contributed by atoms with E-state index in [4.69, 9.17) is 0 Å². The van der Waals surface area contributed by atoms with Crippen molar-refractivity contribution in [3.63, 3.8) is 0 Å². The topological polar surface area (TPSA) is 84.9 Å². The van der Waals surface area contributed by atoms with Crippen molar-refractivity contribution < 1.29 is 9.72 Å². The summed E-state index contributed by atoms with van der Waals surface area (Å²) in [7, 11) is 0. The van der Waals surface area contributed by atoms with Gasteiger partial charge >= 0.3 is 0 Å². The van der Waals surface area contributed by atoms with Crippen LogP contribution in [-0.2, 0) is 4.79 Å². The number of amides is 1. The molecule has 0 saturated heterocycles. The van der Waals surface area contributed by atoms with Gasteiger partial charge in [-0.15, -0.1) is 5.11 Å². The van der Waals surface area contributed by atoms with Crippen LogP contribution in [0.25, 0.3) is 0 Å². The van der Waals surface area contributed by atoms with Crippen LogP contribution >= 0.6 is 0 Å². The Morgan fingerprint density at radius 3 is 2.93 bits per heavy atom. The van der Waals surface area contributed by atoms with Gasteiger partial charge in [0.05, 0.1) is 17.0 Å². The summed E-state index contributed by atoms with van der Waals surface area (Å²) < 4.78 is 0. The molecule has 70 valence electrons. The molecular formula is C8H5N3O3. The van der Waals surface area contributed by atoms with Gasteiger partial charge in [0.15, 0.2) is 0 Å². The Labute approximate surface area is 78.5 Å². The second kappa shape index (κ2) is 2.99. The molecule has 14 heavy (non-hydrogen) atoms. The first-order valence-electron chi connectivity index (χ1n) is 3.87. The molecule has 0 aromatic rings. The third-order valence-electron chi connectivity index (χ3n) is 1.98. The SMILES string of the molecule is O=C1N=NC=C2C=CC([N+](=O)[O-])=CC12. The maximum absolute atomic E-state index is 11.2. The molecule has 1 unspecified atom stereocenters. The van der Waals surface area contributed by atoms with E-state index in [0.717, 1.165) is 0 Å². The summed E-state index contributed by atoms with van der Waals surface area (Å²) in [4.78, 5) is 21.1. The molecular weight excluding hydrogens is 186 g/mol. The molecule has 2 rings (SSSR count). The highest BCUT2D eigenvalue weighted by molar-refractivity contribution is 5.86. The van der Waals surface area contributed by atoms with Gasteiger partial charge in [-0.05, 0) is 11.6 Å². The van der Waals surface area contributed by atoms with Crippen molar-refractivity contribution in [2.45, 2.75) is 0 Å². The fourth-order valence-corrected chi connectivity index (χ4v) is 1.28. The van der Waals surface area contributed by atoms with E-state index in [-0.39, 0.29) is 5.70 Å². The number of fused-ring (bicyclic) bond motifs is 1. The summed E-state index contributed by atoms with van der Waals surface area (Å²) in [5.41, 5.74) is 0.549. The summed E-state index contributed by atoms with van der Waals surface area (Å²) in [5.74, 6) is -1.11. The van der Waals surface area contributed by atoms with Gasteiger partial charge < -0.3 is 0 Å². The fraction of sp³-hybridized carbons (Fsp3) is 0.125. The van der Waals surface area contributed by atoms with Crippen LogP contribution in [0.2, 0.25) is 0 Å². The molecule has 6 nitrogen and oxygen atoms in total.